The van der Waals surface area contributed by atoms with Gasteiger partial charge in [-0.25, -0.2) is 4.68 Å². The molecule has 2 aromatic rings. The molecule has 4 nitrogen and oxygen atoms in total. The Morgan fingerprint density at radius 2 is 2.19 bits per heavy atom. The molecule has 21 heavy (non-hydrogen) atoms. The van der Waals surface area contributed by atoms with Gasteiger partial charge in [0.05, 0.1) is 18.3 Å². The van der Waals surface area contributed by atoms with E-state index >= 15 is 0 Å². The number of rotatable bonds is 3. The van der Waals surface area contributed by atoms with Crippen molar-refractivity contribution in [2.75, 3.05) is 6.61 Å². The van der Waals surface area contributed by atoms with E-state index in [1.807, 2.05) is 10.9 Å². The number of hydrogen-bond acceptors (Lipinski definition) is 3. The normalized spacial score (nSPS) is 22.9. The largest absolute Gasteiger partial charge is 0.392 e. The predicted octanol–water partition coefficient (Wildman–Crippen LogP) is 3.87. The van der Waals surface area contributed by atoms with E-state index in [1.54, 1.807) is 0 Å². The maximum atomic E-state index is 9.74. The smallest absolute Gasteiger partial charge is 0.150 e. The molecule has 2 aliphatic rings. The first kappa shape index (κ1) is 13.7. The molecule has 1 aromatic carbocycles. The maximum Gasteiger partial charge on any atom is 0.150 e. The van der Waals surface area contributed by atoms with Crippen LogP contribution in [0.3, 0.4) is 0 Å². The Labute approximate surface area is 132 Å². The second-order valence-corrected chi connectivity index (χ2v) is 6.83. The Morgan fingerprint density at radius 1 is 1.33 bits per heavy atom. The summed E-state index contributed by atoms with van der Waals surface area (Å²) in [6, 6.07) is 2.10. The van der Waals surface area contributed by atoms with Gasteiger partial charge < -0.3 is 9.84 Å². The molecule has 5 heteroatoms. The molecule has 0 amide bonds. The van der Waals surface area contributed by atoms with Gasteiger partial charge in [-0.1, -0.05) is 0 Å². The molecule has 1 aromatic heterocycles. The van der Waals surface area contributed by atoms with Crippen LogP contribution in [-0.4, -0.2) is 21.5 Å². The van der Waals surface area contributed by atoms with E-state index in [-0.39, 0.29) is 12.8 Å². The van der Waals surface area contributed by atoms with Crippen LogP contribution in [-0.2, 0) is 11.3 Å². The standard InChI is InChI=1S/C16H19BrN2O2/c17-16-12-8-18-19(14-3-1-2-6-21-14)13(12)7-11(9-20)15(16)10-4-5-10/h7-8,10,14,20H,1-6,9H2. The van der Waals surface area contributed by atoms with Crippen LogP contribution in [0.2, 0.25) is 0 Å². The van der Waals surface area contributed by atoms with Crippen LogP contribution in [0.4, 0.5) is 0 Å². The fraction of sp³-hybridized carbons (Fsp3) is 0.562. The Hall–Kier alpha value is -0.910. The van der Waals surface area contributed by atoms with Crippen molar-refractivity contribution in [3.8, 4) is 0 Å². The number of nitrogens with zero attached hydrogens (tertiary/aromatic N) is 2. The second kappa shape index (κ2) is 5.38. The number of benzene rings is 1. The third kappa shape index (κ3) is 2.31. The third-order valence-corrected chi connectivity index (χ3v) is 5.40. The minimum absolute atomic E-state index is 0.0291. The van der Waals surface area contributed by atoms with Crippen LogP contribution in [0.15, 0.2) is 16.7 Å². The van der Waals surface area contributed by atoms with Gasteiger partial charge in [-0.2, -0.15) is 5.10 Å². The summed E-state index contributed by atoms with van der Waals surface area (Å²) in [6.45, 7) is 0.886. The zero-order valence-corrected chi connectivity index (χ0v) is 13.5. The first-order chi connectivity index (χ1) is 10.3. The van der Waals surface area contributed by atoms with E-state index in [1.165, 1.54) is 24.8 Å². The highest BCUT2D eigenvalue weighted by Crippen LogP contribution is 2.47. The summed E-state index contributed by atoms with van der Waals surface area (Å²) in [6.07, 6.45) is 7.71. The van der Waals surface area contributed by atoms with Crippen LogP contribution < -0.4 is 0 Å². The molecule has 1 aliphatic heterocycles. The summed E-state index contributed by atoms with van der Waals surface area (Å²) >= 11 is 3.75. The Balaban J connectivity index is 1.85. The fourth-order valence-electron chi connectivity index (χ4n) is 3.30. The zero-order valence-electron chi connectivity index (χ0n) is 11.9. The summed E-state index contributed by atoms with van der Waals surface area (Å²) in [7, 11) is 0. The third-order valence-electron chi connectivity index (χ3n) is 4.55. The lowest BCUT2D eigenvalue weighted by Gasteiger charge is -2.23. The SMILES string of the molecule is OCc1cc2c(cnn2C2CCCCO2)c(Br)c1C1CC1. The number of hydrogen-bond donors (Lipinski definition) is 1. The molecule has 4 rings (SSSR count). The Bertz CT molecular complexity index is 672. The minimum Gasteiger partial charge on any atom is -0.392 e. The molecule has 112 valence electrons. The van der Waals surface area contributed by atoms with E-state index in [0.717, 1.165) is 40.4 Å². The van der Waals surface area contributed by atoms with Gasteiger partial charge in [0.1, 0.15) is 0 Å². The van der Waals surface area contributed by atoms with E-state index < -0.39 is 0 Å². The quantitative estimate of drug-likeness (QED) is 0.913. The first-order valence-corrected chi connectivity index (χ1v) is 8.50. The fourth-order valence-corrected chi connectivity index (χ4v) is 4.19. The van der Waals surface area contributed by atoms with Gasteiger partial charge in [-0.05, 0) is 71.1 Å². The van der Waals surface area contributed by atoms with Crippen molar-refractivity contribution in [3.05, 3.63) is 27.9 Å². The van der Waals surface area contributed by atoms with Gasteiger partial charge >= 0.3 is 0 Å². The Morgan fingerprint density at radius 3 is 2.86 bits per heavy atom. The number of ether oxygens (including phenoxy) is 1. The lowest BCUT2D eigenvalue weighted by atomic mass is 10.0. The number of aliphatic hydroxyl groups excluding tert-OH is 1. The molecule has 0 bridgehead atoms. The van der Waals surface area contributed by atoms with Gasteiger partial charge in [-0.15, -0.1) is 0 Å². The van der Waals surface area contributed by atoms with Crippen molar-refractivity contribution >= 4 is 26.8 Å². The molecule has 1 N–H and O–H groups in total. The van der Waals surface area contributed by atoms with Crippen molar-refractivity contribution in [3.63, 3.8) is 0 Å². The molecule has 1 saturated heterocycles. The highest BCUT2D eigenvalue weighted by Gasteiger charge is 2.30. The average Bonchev–Trinajstić information content (AvgIpc) is 3.26. The van der Waals surface area contributed by atoms with Crippen molar-refractivity contribution in [2.24, 2.45) is 0 Å². The molecule has 1 atom stereocenters. The monoisotopic (exact) mass is 350 g/mol. The van der Waals surface area contributed by atoms with E-state index in [9.17, 15) is 5.11 Å². The van der Waals surface area contributed by atoms with Gasteiger partial charge in [-0.3, -0.25) is 0 Å². The molecule has 2 fully saturated rings. The molecule has 0 radical (unpaired) electrons. The van der Waals surface area contributed by atoms with Crippen molar-refractivity contribution in [1.82, 2.24) is 9.78 Å². The van der Waals surface area contributed by atoms with Crippen molar-refractivity contribution in [2.45, 2.75) is 50.9 Å². The first-order valence-electron chi connectivity index (χ1n) is 7.70. The van der Waals surface area contributed by atoms with Crippen molar-refractivity contribution < 1.29 is 9.84 Å². The number of aliphatic hydroxyl groups is 1. The molecular formula is C16H19BrN2O2. The minimum atomic E-state index is 0.0291. The van der Waals surface area contributed by atoms with E-state index in [4.69, 9.17) is 4.74 Å². The average molecular weight is 351 g/mol. The number of aromatic nitrogens is 2. The molecule has 1 unspecified atom stereocenters. The summed E-state index contributed by atoms with van der Waals surface area (Å²) in [5.74, 6) is 0.597. The van der Waals surface area contributed by atoms with Crippen LogP contribution in [0.1, 0.15) is 55.4 Å². The molecule has 2 heterocycles. The maximum absolute atomic E-state index is 9.74. The predicted molar refractivity (Wildman–Crippen MR) is 84.2 cm³/mol. The van der Waals surface area contributed by atoms with E-state index in [0.29, 0.717) is 5.92 Å². The summed E-state index contributed by atoms with van der Waals surface area (Å²) in [4.78, 5) is 0. The van der Waals surface area contributed by atoms with Gasteiger partial charge in [0.15, 0.2) is 6.23 Å². The topological polar surface area (TPSA) is 47.3 Å². The van der Waals surface area contributed by atoms with Crippen LogP contribution >= 0.6 is 15.9 Å². The summed E-state index contributed by atoms with van der Waals surface area (Å²) < 4.78 is 8.94. The van der Waals surface area contributed by atoms with Gasteiger partial charge in [0.25, 0.3) is 0 Å². The number of fused-ring (bicyclic) bond motifs is 1. The molecular weight excluding hydrogens is 332 g/mol. The zero-order chi connectivity index (χ0) is 14.4. The van der Waals surface area contributed by atoms with Crippen LogP contribution in [0.5, 0.6) is 0 Å². The van der Waals surface area contributed by atoms with E-state index in [2.05, 4.69) is 27.1 Å². The Kier molecular flexibility index (Phi) is 3.52. The second-order valence-electron chi connectivity index (χ2n) is 6.04. The van der Waals surface area contributed by atoms with Gasteiger partial charge in [0, 0.05) is 16.5 Å². The number of halogens is 1. The molecule has 1 aliphatic carbocycles. The summed E-state index contributed by atoms with van der Waals surface area (Å²) in [5.41, 5.74) is 3.35. The molecule has 0 spiro atoms. The lowest BCUT2D eigenvalue weighted by Crippen LogP contribution is -2.19. The van der Waals surface area contributed by atoms with Crippen molar-refractivity contribution in [1.29, 1.82) is 0 Å². The lowest BCUT2D eigenvalue weighted by molar-refractivity contribution is -0.0366. The molecule has 1 saturated carbocycles. The highest BCUT2D eigenvalue weighted by molar-refractivity contribution is 9.10. The van der Waals surface area contributed by atoms with Gasteiger partial charge in [0.2, 0.25) is 0 Å². The highest BCUT2D eigenvalue weighted by atomic mass is 79.9. The summed E-state index contributed by atoms with van der Waals surface area (Å²) in [5, 5.41) is 15.4. The van der Waals surface area contributed by atoms with Crippen LogP contribution in [0, 0.1) is 0 Å². The van der Waals surface area contributed by atoms with Crippen LogP contribution in [0.25, 0.3) is 10.9 Å².